The van der Waals surface area contributed by atoms with Crippen molar-refractivity contribution in [3.63, 3.8) is 0 Å². The number of rotatable bonds is 7. The van der Waals surface area contributed by atoms with Crippen molar-refractivity contribution in [1.82, 2.24) is 9.97 Å². The zero-order chi connectivity index (χ0) is 14.9. The van der Waals surface area contributed by atoms with Crippen LogP contribution in [0.25, 0.3) is 10.2 Å². The predicted octanol–water partition coefficient (Wildman–Crippen LogP) is 3.99. The van der Waals surface area contributed by atoms with Crippen LogP contribution in [0.3, 0.4) is 0 Å². The van der Waals surface area contributed by atoms with Crippen LogP contribution in [0.5, 0.6) is 0 Å². The second-order valence-electron chi connectivity index (χ2n) is 5.45. The van der Waals surface area contributed by atoms with Crippen LogP contribution >= 0.6 is 23.1 Å². The Morgan fingerprint density at radius 1 is 1.29 bits per heavy atom. The molecule has 2 N–H and O–H groups in total. The SMILES string of the molecule is CCNc1nc(NCC2(SC)CC2)c2cc(CC)sc2n1. The first-order chi connectivity index (χ1) is 10.2. The molecular weight excluding hydrogens is 300 g/mol. The van der Waals surface area contributed by atoms with Crippen molar-refractivity contribution in [3.8, 4) is 0 Å². The Morgan fingerprint density at radius 2 is 2.10 bits per heavy atom. The largest absolute Gasteiger partial charge is 0.368 e. The number of thiophene rings is 1. The minimum absolute atomic E-state index is 0.430. The van der Waals surface area contributed by atoms with E-state index >= 15 is 0 Å². The fourth-order valence-electron chi connectivity index (χ4n) is 2.35. The molecule has 21 heavy (non-hydrogen) atoms. The van der Waals surface area contributed by atoms with Crippen molar-refractivity contribution in [3.05, 3.63) is 10.9 Å². The Kier molecular flexibility index (Phi) is 4.26. The second-order valence-corrected chi connectivity index (χ2v) is 7.84. The van der Waals surface area contributed by atoms with Crippen LogP contribution in [0.15, 0.2) is 6.07 Å². The molecule has 3 rings (SSSR count). The summed E-state index contributed by atoms with van der Waals surface area (Å²) in [5, 5.41) is 7.97. The molecule has 0 atom stereocenters. The van der Waals surface area contributed by atoms with E-state index in [1.54, 1.807) is 11.3 Å². The van der Waals surface area contributed by atoms with Crippen LogP contribution in [-0.4, -0.2) is 34.1 Å². The number of anilines is 2. The summed E-state index contributed by atoms with van der Waals surface area (Å²) < 4.78 is 0.430. The number of aryl methyl sites for hydroxylation is 1. The van der Waals surface area contributed by atoms with Gasteiger partial charge in [-0.05, 0) is 38.5 Å². The molecule has 0 unspecified atom stereocenters. The first-order valence-corrected chi connectivity index (χ1v) is 9.57. The Bertz CT molecular complexity index is 634. The van der Waals surface area contributed by atoms with Crippen LogP contribution in [0.4, 0.5) is 11.8 Å². The van der Waals surface area contributed by atoms with Gasteiger partial charge in [0.1, 0.15) is 10.6 Å². The van der Waals surface area contributed by atoms with Crippen LogP contribution in [0.2, 0.25) is 0 Å². The molecule has 4 nitrogen and oxygen atoms in total. The van der Waals surface area contributed by atoms with Gasteiger partial charge in [0.05, 0.1) is 5.39 Å². The van der Waals surface area contributed by atoms with E-state index in [0.29, 0.717) is 4.75 Å². The Labute approximate surface area is 134 Å². The lowest BCUT2D eigenvalue weighted by Gasteiger charge is -2.14. The molecule has 6 heteroatoms. The average Bonchev–Trinajstić information content (AvgIpc) is 3.16. The lowest BCUT2D eigenvalue weighted by atomic mass is 10.3. The highest BCUT2D eigenvalue weighted by Gasteiger charge is 2.41. The molecule has 0 saturated heterocycles. The maximum absolute atomic E-state index is 4.67. The third-order valence-electron chi connectivity index (χ3n) is 3.95. The van der Waals surface area contributed by atoms with Crippen molar-refractivity contribution in [1.29, 1.82) is 0 Å². The highest BCUT2D eigenvalue weighted by atomic mass is 32.2. The first kappa shape index (κ1) is 14.9. The summed E-state index contributed by atoms with van der Waals surface area (Å²) >= 11 is 3.74. The normalized spacial score (nSPS) is 16.1. The van der Waals surface area contributed by atoms with Gasteiger partial charge in [-0.15, -0.1) is 11.3 Å². The van der Waals surface area contributed by atoms with Gasteiger partial charge >= 0.3 is 0 Å². The number of nitrogens with zero attached hydrogens (tertiary/aromatic N) is 2. The molecule has 114 valence electrons. The summed E-state index contributed by atoms with van der Waals surface area (Å²) in [6.45, 7) is 6.08. The summed E-state index contributed by atoms with van der Waals surface area (Å²) in [5.74, 6) is 1.71. The standard InChI is InChI=1S/C15H22N4S2/c1-4-10-8-11-12(17-9-15(20-3)6-7-15)18-14(16-5-2)19-13(11)21-10/h8H,4-7,9H2,1-3H3,(H2,16,17,18,19). The molecule has 0 aromatic carbocycles. The molecule has 1 fully saturated rings. The van der Waals surface area contributed by atoms with E-state index in [0.717, 1.165) is 41.5 Å². The summed E-state index contributed by atoms with van der Waals surface area (Å²) in [4.78, 5) is 11.7. The van der Waals surface area contributed by atoms with Crippen LogP contribution < -0.4 is 10.6 Å². The minimum Gasteiger partial charge on any atom is -0.368 e. The Hall–Kier alpha value is -1.01. The average molecular weight is 323 g/mol. The van der Waals surface area contributed by atoms with Gasteiger partial charge in [-0.25, -0.2) is 4.98 Å². The zero-order valence-corrected chi connectivity index (χ0v) is 14.5. The molecule has 1 aliphatic rings. The van der Waals surface area contributed by atoms with E-state index in [9.17, 15) is 0 Å². The lowest BCUT2D eigenvalue weighted by Crippen LogP contribution is -2.18. The van der Waals surface area contributed by atoms with Gasteiger partial charge in [-0.1, -0.05) is 6.92 Å². The third-order valence-corrected chi connectivity index (χ3v) is 6.54. The molecule has 1 saturated carbocycles. The minimum atomic E-state index is 0.430. The van der Waals surface area contributed by atoms with Gasteiger partial charge in [0.15, 0.2) is 0 Å². The van der Waals surface area contributed by atoms with Crippen molar-refractivity contribution in [2.45, 2.75) is 37.9 Å². The number of aromatic nitrogens is 2. The highest BCUT2D eigenvalue weighted by molar-refractivity contribution is 8.00. The summed E-state index contributed by atoms with van der Waals surface area (Å²) in [6, 6.07) is 2.23. The fourth-order valence-corrected chi connectivity index (χ4v) is 4.05. The number of hydrogen-bond acceptors (Lipinski definition) is 6. The highest BCUT2D eigenvalue weighted by Crippen LogP contribution is 2.47. The zero-order valence-electron chi connectivity index (χ0n) is 12.8. The maximum Gasteiger partial charge on any atom is 0.226 e. The molecule has 2 heterocycles. The summed E-state index contributed by atoms with van der Waals surface area (Å²) in [6.07, 6.45) is 5.86. The van der Waals surface area contributed by atoms with Crippen molar-refractivity contribution in [2.24, 2.45) is 0 Å². The van der Waals surface area contributed by atoms with E-state index in [4.69, 9.17) is 0 Å². The van der Waals surface area contributed by atoms with Gasteiger partial charge < -0.3 is 10.6 Å². The molecule has 1 aliphatic carbocycles. The Morgan fingerprint density at radius 3 is 2.71 bits per heavy atom. The molecule has 2 aromatic rings. The van der Waals surface area contributed by atoms with E-state index in [2.05, 4.69) is 46.8 Å². The molecule has 0 spiro atoms. The van der Waals surface area contributed by atoms with Gasteiger partial charge in [0.25, 0.3) is 0 Å². The molecule has 2 aromatic heterocycles. The molecule has 0 bridgehead atoms. The van der Waals surface area contributed by atoms with Gasteiger partial charge in [-0.2, -0.15) is 16.7 Å². The predicted molar refractivity (Wildman–Crippen MR) is 94.9 cm³/mol. The maximum atomic E-state index is 4.67. The lowest BCUT2D eigenvalue weighted by molar-refractivity contribution is 0.940. The number of nitrogens with one attached hydrogen (secondary N) is 2. The summed E-state index contributed by atoms with van der Waals surface area (Å²) in [5.41, 5.74) is 0. The van der Waals surface area contributed by atoms with Crippen LogP contribution in [-0.2, 0) is 6.42 Å². The molecular formula is C15H22N4S2. The smallest absolute Gasteiger partial charge is 0.226 e. The van der Waals surface area contributed by atoms with E-state index in [1.165, 1.54) is 17.7 Å². The van der Waals surface area contributed by atoms with Gasteiger partial charge in [0, 0.05) is 22.7 Å². The Balaban J connectivity index is 1.91. The second kappa shape index (κ2) is 6.01. The molecule has 0 radical (unpaired) electrons. The van der Waals surface area contributed by atoms with Gasteiger partial charge in [-0.3, -0.25) is 0 Å². The first-order valence-electron chi connectivity index (χ1n) is 7.53. The van der Waals surface area contributed by atoms with E-state index in [1.807, 2.05) is 11.8 Å². The monoisotopic (exact) mass is 322 g/mol. The van der Waals surface area contributed by atoms with E-state index in [-0.39, 0.29) is 0 Å². The fraction of sp³-hybridized carbons (Fsp3) is 0.600. The topological polar surface area (TPSA) is 49.8 Å². The van der Waals surface area contributed by atoms with Gasteiger partial charge in [0.2, 0.25) is 5.95 Å². The number of thioether (sulfide) groups is 1. The quantitative estimate of drug-likeness (QED) is 0.807. The van der Waals surface area contributed by atoms with Crippen molar-refractivity contribution < 1.29 is 0 Å². The van der Waals surface area contributed by atoms with Crippen molar-refractivity contribution in [2.75, 3.05) is 30.0 Å². The number of hydrogen-bond donors (Lipinski definition) is 2. The molecule has 0 aliphatic heterocycles. The third kappa shape index (κ3) is 3.11. The summed E-state index contributed by atoms with van der Waals surface area (Å²) in [7, 11) is 0. The van der Waals surface area contributed by atoms with E-state index < -0.39 is 0 Å². The number of fused-ring (bicyclic) bond motifs is 1. The molecule has 0 amide bonds. The van der Waals surface area contributed by atoms with Crippen LogP contribution in [0, 0.1) is 0 Å². The van der Waals surface area contributed by atoms with Crippen LogP contribution in [0.1, 0.15) is 31.6 Å². The van der Waals surface area contributed by atoms with Crippen molar-refractivity contribution >= 4 is 45.1 Å².